The topological polar surface area (TPSA) is 32.3 Å². The molecule has 0 unspecified atom stereocenters. The van der Waals surface area contributed by atoms with Crippen LogP contribution in [-0.2, 0) is 0 Å². The number of para-hydroxylation sites is 4. The summed E-state index contributed by atoms with van der Waals surface area (Å²) in [7, 11) is 0. The van der Waals surface area contributed by atoms with Gasteiger partial charge in [-0.3, -0.25) is 9.80 Å². The molecule has 4 heteroatoms. The van der Waals surface area contributed by atoms with Gasteiger partial charge in [0.05, 0.1) is 22.4 Å². The van der Waals surface area contributed by atoms with Gasteiger partial charge in [0.25, 0.3) is 0 Å². The Morgan fingerprint density at radius 3 is 1.02 bits per heavy atom. The summed E-state index contributed by atoms with van der Waals surface area (Å²) in [6, 6.07) is 63.7. The molecule has 0 N–H and O–H groups in total. The highest BCUT2D eigenvalue weighted by Crippen LogP contribution is 2.50. The summed E-state index contributed by atoms with van der Waals surface area (Å²) in [6.07, 6.45) is 0. The van der Waals surface area contributed by atoms with Crippen LogP contribution in [0.25, 0.3) is 43.4 Å². The van der Waals surface area contributed by atoms with Crippen molar-refractivity contribution in [2.75, 3.05) is 9.80 Å². The van der Waals surface area contributed by atoms with Crippen molar-refractivity contribution >= 4 is 77.7 Å². The number of benzene rings is 7. The van der Waals surface area contributed by atoms with E-state index in [1.54, 1.807) is 0 Å². The Balaban J connectivity index is 1.39. The van der Waals surface area contributed by atoms with Crippen molar-refractivity contribution in [2.45, 2.75) is 0 Å². The van der Waals surface area contributed by atoms with Gasteiger partial charge in [-0.1, -0.05) is 121 Å². The van der Waals surface area contributed by atoms with Gasteiger partial charge in [0, 0.05) is 43.7 Å². The predicted molar refractivity (Wildman–Crippen MR) is 201 cm³/mol. The predicted octanol–water partition coefficient (Wildman–Crippen LogP) is 12.0. The normalized spacial score (nSPS) is 11.3. The third-order valence-corrected chi connectivity index (χ3v) is 8.98. The first-order chi connectivity index (χ1) is 23.8. The Labute approximate surface area is 278 Å². The summed E-state index contributed by atoms with van der Waals surface area (Å²) < 4.78 is 0. The summed E-state index contributed by atoms with van der Waals surface area (Å²) >= 11 is 0. The second kappa shape index (κ2) is 11.7. The van der Waals surface area contributed by atoms with Crippen molar-refractivity contribution < 1.29 is 0 Å². The molecular formula is C44H30N4. The molecule has 0 atom stereocenters. The fourth-order valence-corrected chi connectivity index (χ4v) is 6.83. The average molecular weight is 615 g/mol. The van der Waals surface area contributed by atoms with E-state index in [0.29, 0.717) is 0 Å². The van der Waals surface area contributed by atoms with E-state index in [9.17, 15) is 0 Å². The van der Waals surface area contributed by atoms with Crippen LogP contribution in [0.4, 0.5) is 34.4 Å². The molecule has 9 rings (SSSR count). The summed E-state index contributed by atoms with van der Waals surface area (Å²) in [5.41, 5.74) is 6.16. The van der Waals surface area contributed by atoms with Gasteiger partial charge in [0.1, 0.15) is 11.6 Å². The van der Waals surface area contributed by atoms with Crippen LogP contribution in [0.2, 0.25) is 0 Å². The minimum Gasteiger partial charge on any atom is -0.294 e. The SMILES string of the molecule is c1ccc(N(c2ccc3ccccc3n2)c2c3ccccc3c(N(c3ccccc3)c3ccc4ccccc4n3)c3ccccc23)cc1. The Bertz CT molecular complexity index is 2340. The number of pyridine rings is 2. The van der Waals surface area contributed by atoms with Crippen LogP contribution in [0, 0.1) is 0 Å². The molecule has 0 amide bonds. The van der Waals surface area contributed by atoms with Crippen LogP contribution in [0.3, 0.4) is 0 Å². The number of rotatable bonds is 6. The van der Waals surface area contributed by atoms with Gasteiger partial charge in [-0.25, -0.2) is 9.97 Å². The fraction of sp³-hybridized carbons (Fsp3) is 0. The maximum absolute atomic E-state index is 5.23. The van der Waals surface area contributed by atoms with Gasteiger partial charge in [0.2, 0.25) is 0 Å². The molecule has 0 aliphatic heterocycles. The first-order valence-corrected chi connectivity index (χ1v) is 16.2. The largest absolute Gasteiger partial charge is 0.294 e. The second-order valence-corrected chi connectivity index (χ2v) is 11.9. The van der Waals surface area contributed by atoms with Crippen molar-refractivity contribution in [3.05, 3.63) is 182 Å². The zero-order valence-electron chi connectivity index (χ0n) is 26.1. The van der Waals surface area contributed by atoms with Crippen LogP contribution in [-0.4, -0.2) is 9.97 Å². The molecule has 2 aromatic heterocycles. The van der Waals surface area contributed by atoms with Gasteiger partial charge >= 0.3 is 0 Å². The molecule has 0 radical (unpaired) electrons. The monoisotopic (exact) mass is 614 g/mol. The third-order valence-electron chi connectivity index (χ3n) is 8.98. The van der Waals surface area contributed by atoms with E-state index in [-0.39, 0.29) is 0 Å². The second-order valence-electron chi connectivity index (χ2n) is 11.9. The number of fused-ring (bicyclic) bond motifs is 4. The van der Waals surface area contributed by atoms with E-state index in [1.807, 2.05) is 12.1 Å². The lowest BCUT2D eigenvalue weighted by molar-refractivity contribution is 1.21. The molecule has 0 spiro atoms. The Hall–Kier alpha value is -6.52. The number of hydrogen-bond donors (Lipinski definition) is 0. The minimum atomic E-state index is 0.860. The smallest absolute Gasteiger partial charge is 0.138 e. The van der Waals surface area contributed by atoms with Gasteiger partial charge in [-0.15, -0.1) is 0 Å². The molecule has 48 heavy (non-hydrogen) atoms. The van der Waals surface area contributed by atoms with E-state index < -0.39 is 0 Å². The highest BCUT2D eigenvalue weighted by molar-refractivity contribution is 6.23. The van der Waals surface area contributed by atoms with E-state index in [1.165, 1.54) is 0 Å². The number of nitrogens with zero attached hydrogens (tertiary/aromatic N) is 4. The maximum atomic E-state index is 5.23. The molecule has 0 saturated heterocycles. The fourth-order valence-electron chi connectivity index (χ4n) is 6.83. The summed E-state index contributed by atoms with van der Waals surface area (Å²) in [6.45, 7) is 0. The van der Waals surface area contributed by atoms with Crippen molar-refractivity contribution in [1.29, 1.82) is 0 Å². The molecule has 9 aromatic rings. The number of hydrogen-bond acceptors (Lipinski definition) is 4. The van der Waals surface area contributed by atoms with E-state index >= 15 is 0 Å². The Kier molecular flexibility index (Phi) is 6.76. The molecule has 0 aliphatic rings. The molecule has 2 heterocycles. The molecule has 0 aliphatic carbocycles. The summed E-state index contributed by atoms with van der Waals surface area (Å²) in [5, 5.41) is 6.69. The summed E-state index contributed by atoms with van der Waals surface area (Å²) in [4.78, 5) is 15.1. The van der Waals surface area contributed by atoms with Crippen LogP contribution in [0.5, 0.6) is 0 Å². The molecule has 0 fully saturated rings. The summed E-state index contributed by atoms with van der Waals surface area (Å²) in [5.74, 6) is 1.72. The Morgan fingerprint density at radius 1 is 0.292 bits per heavy atom. The van der Waals surface area contributed by atoms with Crippen molar-refractivity contribution in [1.82, 2.24) is 9.97 Å². The molecule has 4 nitrogen and oxygen atoms in total. The van der Waals surface area contributed by atoms with Crippen molar-refractivity contribution in [3.63, 3.8) is 0 Å². The molecule has 0 saturated carbocycles. The lowest BCUT2D eigenvalue weighted by Crippen LogP contribution is -2.16. The van der Waals surface area contributed by atoms with Crippen LogP contribution in [0.1, 0.15) is 0 Å². The first kappa shape index (κ1) is 27.8. The number of aromatic nitrogens is 2. The van der Waals surface area contributed by atoms with Crippen LogP contribution in [0.15, 0.2) is 182 Å². The van der Waals surface area contributed by atoms with Crippen LogP contribution >= 0.6 is 0 Å². The average Bonchev–Trinajstić information content (AvgIpc) is 3.16. The highest BCUT2D eigenvalue weighted by atomic mass is 15.2. The lowest BCUT2D eigenvalue weighted by Gasteiger charge is -2.32. The quantitative estimate of drug-likeness (QED) is 0.138. The third kappa shape index (κ3) is 4.70. The van der Waals surface area contributed by atoms with Crippen molar-refractivity contribution in [2.24, 2.45) is 0 Å². The minimum absolute atomic E-state index is 0.860. The van der Waals surface area contributed by atoms with Gasteiger partial charge in [-0.2, -0.15) is 0 Å². The van der Waals surface area contributed by atoms with Gasteiger partial charge < -0.3 is 0 Å². The highest BCUT2D eigenvalue weighted by Gasteiger charge is 2.26. The molecule has 7 aromatic carbocycles. The zero-order chi connectivity index (χ0) is 31.9. The lowest BCUT2D eigenvalue weighted by atomic mass is 9.95. The molecular weight excluding hydrogens is 585 g/mol. The van der Waals surface area contributed by atoms with Gasteiger partial charge in [-0.05, 0) is 60.7 Å². The molecule has 226 valence electrons. The number of anilines is 6. The zero-order valence-corrected chi connectivity index (χ0v) is 26.1. The maximum Gasteiger partial charge on any atom is 0.138 e. The van der Waals surface area contributed by atoms with E-state index in [4.69, 9.17) is 9.97 Å². The van der Waals surface area contributed by atoms with E-state index in [0.717, 1.165) is 77.7 Å². The van der Waals surface area contributed by atoms with Gasteiger partial charge in [0.15, 0.2) is 0 Å². The first-order valence-electron chi connectivity index (χ1n) is 16.2. The van der Waals surface area contributed by atoms with Crippen LogP contribution < -0.4 is 9.80 Å². The molecule has 0 bridgehead atoms. The van der Waals surface area contributed by atoms with Crippen molar-refractivity contribution in [3.8, 4) is 0 Å². The van der Waals surface area contributed by atoms with E-state index in [2.05, 4.69) is 180 Å². The Morgan fingerprint density at radius 2 is 0.625 bits per heavy atom. The standard InChI is InChI=1S/C44H30N4/c1-3-17-33(18-4-1)47(41-29-27-31-15-7-13-25-39(31)45-41)43-35-21-9-11-23-37(35)44(38-24-12-10-22-36(38)43)48(34-19-5-2-6-20-34)42-30-28-32-16-8-14-26-40(32)46-42/h1-30H.